The summed E-state index contributed by atoms with van der Waals surface area (Å²) >= 11 is 0. The Hall–Kier alpha value is -5.71. The molecule has 1 aliphatic carbocycles. The number of alkyl carbamates (subject to hydrolysis) is 1. The van der Waals surface area contributed by atoms with Crippen molar-refractivity contribution < 1.29 is 41.7 Å². The molecular formula is C46H60F2N8O6. The van der Waals surface area contributed by atoms with Gasteiger partial charge in [-0.3, -0.25) is 14.9 Å². The average Bonchev–Trinajstić information content (AvgIpc) is 4.12. The fraction of sp³-hybridized carbons (Fsp3) is 0.457. The van der Waals surface area contributed by atoms with Crippen molar-refractivity contribution in [3.05, 3.63) is 83.6 Å². The molecule has 2 aliphatic heterocycles. The molecule has 3 aliphatic rings. The number of benzene rings is 3. The van der Waals surface area contributed by atoms with E-state index in [9.17, 15) is 14.4 Å². The lowest BCUT2D eigenvalue weighted by molar-refractivity contribution is -0.137. The molecule has 3 amide bonds. The van der Waals surface area contributed by atoms with Crippen molar-refractivity contribution in [2.75, 3.05) is 40.8 Å². The minimum atomic E-state index is -3.26. The van der Waals surface area contributed by atoms with Crippen LogP contribution in [0.15, 0.2) is 60.8 Å². The van der Waals surface area contributed by atoms with E-state index in [-0.39, 0.29) is 64.7 Å². The number of fused-ring (bicyclic) bond motifs is 4. The topological polar surface area (TPSA) is 167 Å². The number of alkyl halides is 2. The molecule has 3 aromatic carbocycles. The highest BCUT2D eigenvalue weighted by Crippen LogP contribution is 2.53. The van der Waals surface area contributed by atoms with Gasteiger partial charge in [0, 0.05) is 41.2 Å². The molecule has 2 saturated heterocycles. The van der Waals surface area contributed by atoms with E-state index < -0.39 is 24.1 Å². The number of ether oxygens (including phenoxy) is 3. The summed E-state index contributed by atoms with van der Waals surface area (Å²) in [6.45, 7) is 9.11. The van der Waals surface area contributed by atoms with Gasteiger partial charge in [0.2, 0.25) is 11.8 Å². The van der Waals surface area contributed by atoms with Gasteiger partial charge in [0.05, 0.1) is 48.2 Å². The Kier molecular flexibility index (Phi) is 12.2. The van der Waals surface area contributed by atoms with Gasteiger partial charge in [-0.05, 0) is 84.0 Å². The predicted octanol–water partition coefficient (Wildman–Crippen LogP) is 8.38. The first-order valence-corrected chi connectivity index (χ1v) is 21.3. The second kappa shape index (κ2) is 17.6. The summed E-state index contributed by atoms with van der Waals surface area (Å²) in [5.74, 6) is -2.40. The fourth-order valence-corrected chi connectivity index (χ4v) is 9.16. The summed E-state index contributed by atoms with van der Waals surface area (Å²) < 4.78 is 48.2. The number of methoxy groups -OCH3 is 2. The summed E-state index contributed by atoms with van der Waals surface area (Å²) in [6.07, 6.45) is 4.02. The molecule has 0 saturated carbocycles. The standard InChI is InChI=1S/C46H54F2N8O6.3H2/c1-25(2)39(50-23-62-24-60-5)43(57)55-17-7-9-37(55)41-49-22-36(53-41)29-12-15-31-30-14-11-27(19-32(30)46(47,48)33(31)20-29)28-13-16-34-35(21-28)52-42(51-34)38-10-8-18-56(38)44(58)40(26(3)4)54-45(59)61-6;;;/h11-16,19-22,25-26,37-40,50H,7-10,17-18,23-24H2,1-6H3,(H,49,53)(H,51,52)(H,54,59);3*1H/t37-,38-,39-,40-;;;/m0.../s1. The highest BCUT2D eigenvalue weighted by atomic mass is 19.3. The van der Waals surface area contributed by atoms with Gasteiger partial charge in [0.25, 0.3) is 5.92 Å². The van der Waals surface area contributed by atoms with Crippen LogP contribution in [-0.4, -0.2) is 101 Å². The van der Waals surface area contributed by atoms with Gasteiger partial charge in [-0.15, -0.1) is 0 Å². The van der Waals surface area contributed by atoms with Crippen molar-refractivity contribution in [2.45, 2.75) is 83.5 Å². The number of rotatable bonds is 14. The maximum absolute atomic E-state index is 16.5. The smallest absolute Gasteiger partial charge is 0.407 e. The first-order chi connectivity index (χ1) is 29.8. The minimum absolute atomic E-state index is 0. The molecule has 4 N–H and O–H groups in total. The molecule has 14 nitrogen and oxygen atoms in total. The average molecular weight is 859 g/mol. The highest BCUT2D eigenvalue weighted by Gasteiger charge is 2.45. The van der Waals surface area contributed by atoms with Crippen LogP contribution in [0.3, 0.4) is 0 Å². The lowest BCUT2D eigenvalue weighted by Gasteiger charge is -2.30. The molecule has 8 rings (SSSR count). The molecule has 0 spiro atoms. The van der Waals surface area contributed by atoms with Crippen LogP contribution < -0.4 is 10.6 Å². The van der Waals surface area contributed by atoms with Crippen molar-refractivity contribution in [1.82, 2.24) is 40.4 Å². The number of hydrogen-bond donors (Lipinski definition) is 4. The number of halogens is 2. The summed E-state index contributed by atoms with van der Waals surface area (Å²) in [5.41, 5.74) is 4.75. The first-order valence-electron chi connectivity index (χ1n) is 21.3. The van der Waals surface area contributed by atoms with Crippen molar-refractivity contribution in [1.29, 1.82) is 0 Å². The van der Waals surface area contributed by atoms with Gasteiger partial charge in [0.15, 0.2) is 0 Å². The van der Waals surface area contributed by atoms with Crippen LogP contribution in [0.1, 0.15) is 92.5 Å². The van der Waals surface area contributed by atoms with E-state index in [0.29, 0.717) is 64.6 Å². The number of amides is 3. The van der Waals surface area contributed by atoms with E-state index in [1.165, 1.54) is 20.3 Å². The number of aromatic amines is 2. The van der Waals surface area contributed by atoms with E-state index >= 15 is 8.78 Å². The first kappa shape index (κ1) is 43.0. The second-order valence-electron chi connectivity index (χ2n) is 17.0. The number of H-pyrrole nitrogens is 2. The number of carbonyl (C=O) groups excluding carboxylic acids is 3. The highest BCUT2D eigenvalue weighted by molar-refractivity contribution is 5.88. The molecule has 16 heteroatoms. The molecule has 0 unspecified atom stereocenters. The Balaban J connectivity index is 0.00000264. The van der Waals surface area contributed by atoms with Crippen LogP contribution in [-0.2, 0) is 29.7 Å². The number of carbonyl (C=O) groups is 3. The Bertz CT molecular complexity index is 2480. The van der Waals surface area contributed by atoms with Crippen LogP contribution in [0.5, 0.6) is 0 Å². The quantitative estimate of drug-likeness (QED) is 0.0634. The van der Waals surface area contributed by atoms with Crippen LogP contribution >= 0.6 is 0 Å². The molecule has 0 bridgehead atoms. The van der Waals surface area contributed by atoms with Crippen molar-refractivity contribution in [3.8, 4) is 33.5 Å². The zero-order valence-electron chi connectivity index (χ0n) is 35.9. The largest absolute Gasteiger partial charge is 0.453 e. The third-order valence-electron chi connectivity index (χ3n) is 12.4. The zero-order valence-corrected chi connectivity index (χ0v) is 35.9. The van der Waals surface area contributed by atoms with Gasteiger partial charge < -0.3 is 39.3 Å². The lowest BCUT2D eigenvalue weighted by atomic mass is 9.98. The monoisotopic (exact) mass is 858 g/mol. The molecular weight excluding hydrogens is 799 g/mol. The van der Waals surface area contributed by atoms with Gasteiger partial charge in [-0.25, -0.2) is 14.8 Å². The van der Waals surface area contributed by atoms with E-state index in [1.807, 2.05) is 62.9 Å². The fourth-order valence-electron chi connectivity index (χ4n) is 9.16. The van der Waals surface area contributed by atoms with Gasteiger partial charge in [0.1, 0.15) is 31.2 Å². The van der Waals surface area contributed by atoms with E-state index in [2.05, 4.69) is 25.6 Å². The molecule has 2 fully saturated rings. The summed E-state index contributed by atoms with van der Waals surface area (Å²) in [4.78, 5) is 59.3. The van der Waals surface area contributed by atoms with Crippen LogP contribution in [0.2, 0.25) is 0 Å². The molecule has 4 heterocycles. The number of hydrogen-bond acceptors (Lipinski definition) is 9. The van der Waals surface area contributed by atoms with Crippen molar-refractivity contribution >= 4 is 28.9 Å². The molecule has 2 aromatic heterocycles. The van der Waals surface area contributed by atoms with Gasteiger partial charge in [-0.2, -0.15) is 8.78 Å². The zero-order chi connectivity index (χ0) is 43.9. The third kappa shape index (κ3) is 8.06. The second-order valence-corrected chi connectivity index (χ2v) is 17.0. The molecule has 62 heavy (non-hydrogen) atoms. The number of nitrogens with one attached hydrogen (secondary N) is 4. The maximum Gasteiger partial charge on any atom is 0.407 e. The van der Waals surface area contributed by atoms with E-state index in [0.717, 1.165) is 30.3 Å². The number of likely N-dealkylation sites (tertiary alicyclic amines) is 2. The Morgan fingerprint density at radius 2 is 1.42 bits per heavy atom. The van der Waals surface area contributed by atoms with Crippen molar-refractivity contribution in [2.24, 2.45) is 11.8 Å². The van der Waals surface area contributed by atoms with Crippen LogP contribution in [0.4, 0.5) is 13.6 Å². The Morgan fingerprint density at radius 3 is 2.06 bits per heavy atom. The van der Waals surface area contributed by atoms with E-state index in [4.69, 9.17) is 19.2 Å². The minimum Gasteiger partial charge on any atom is -0.453 e. The predicted molar refractivity (Wildman–Crippen MR) is 235 cm³/mol. The number of aromatic nitrogens is 4. The SMILES string of the molecule is COCOCN[C@H](C(=O)N1CCC[C@H]1c1ncc(-c2ccc3c(c2)C(F)(F)c2cc(-c4ccc5nc([C@@H]6CCCN6C(=O)[C@@H](NC(=O)OC)C(C)C)[nH]c5c4)ccc2-3)[nH]1)C(C)C.[HH].[HH].[HH]. The summed E-state index contributed by atoms with van der Waals surface area (Å²) in [5, 5.41) is 5.87. The normalized spacial score (nSPS) is 19.0. The van der Waals surface area contributed by atoms with Gasteiger partial charge >= 0.3 is 6.09 Å². The molecule has 0 radical (unpaired) electrons. The molecule has 5 aromatic rings. The third-order valence-corrected chi connectivity index (χ3v) is 12.4. The van der Waals surface area contributed by atoms with Gasteiger partial charge in [-0.1, -0.05) is 58.0 Å². The summed E-state index contributed by atoms with van der Waals surface area (Å²) in [6, 6.07) is 14.1. The summed E-state index contributed by atoms with van der Waals surface area (Å²) in [7, 11) is 2.80. The van der Waals surface area contributed by atoms with E-state index in [1.54, 1.807) is 29.3 Å². The maximum atomic E-state index is 16.5. The van der Waals surface area contributed by atoms with Crippen LogP contribution in [0, 0.1) is 11.8 Å². The van der Waals surface area contributed by atoms with Crippen LogP contribution in [0.25, 0.3) is 44.5 Å². The number of nitrogens with zero attached hydrogens (tertiary/aromatic N) is 4. The Labute approximate surface area is 363 Å². The molecule has 334 valence electrons. The number of imidazole rings is 2. The Morgan fingerprint density at radius 1 is 0.823 bits per heavy atom. The molecule has 4 atom stereocenters. The lowest BCUT2D eigenvalue weighted by Crippen LogP contribution is -2.51. The van der Waals surface area contributed by atoms with Crippen molar-refractivity contribution in [3.63, 3.8) is 0 Å².